The molecule has 0 saturated carbocycles. The summed E-state index contributed by atoms with van der Waals surface area (Å²) in [6.45, 7) is 5.96. The molecule has 70 valence electrons. The van der Waals surface area contributed by atoms with Gasteiger partial charge in [-0.3, -0.25) is 9.09 Å². The summed E-state index contributed by atoms with van der Waals surface area (Å²) in [6, 6.07) is 0. The van der Waals surface area contributed by atoms with Gasteiger partial charge in [0.2, 0.25) is 0 Å². The van der Waals surface area contributed by atoms with Crippen LogP contribution in [0, 0.1) is 5.92 Å². The first-order valence-electron chi connectivity index (χ1n) is 3.98. The molecule has 0 aromatic rings. The molecule has 0 spiro atoms. The molecule has 1 heterocycles. The molecular formula is C8H15O3P. The van der Waals surface area contributed by atoms with E-state index in [1.807, 2.05) is 26.8 Å². The molecule has 0 radical (unpaired) electrons. The van der Waals surface area contributed by atoms with E-state index in [0.29, 0.717) is 5.92 Å². The second kappa shape index (κ2) is 2.99. The Bertz CT molecular complexity index is 247. The second-order valence-corrected chi connectivity index (χ2v) is 5.39. The standard InChI is InChI=1S/C8H15O3P/c1-7(2)8(3)5-6-12(9,10-4)11-8/h5-7H,1-4H3. The third-order valence-electron chi connectivity index (χ3n) is 2.31. The van der Waals surface area contributed by atoms with Gasteiger partial charge in [0.1, 0.15) is 0 Å². The molecule has 0 aromatic carbocycles. The van der Waals surface area contributed by atoms with Gasteiger partial charge in [0.15, 0.2) is 0 Å². The maximum atomic E-state index is 11.6. The maximum absolute atomic E-state index is 11.6. The van der Waals surface area contributed by atoms with Crippen molar-refractivity contribution in [2.75, 3.05) is 7.11 Å². The first-order chi connectivity index (χ1) is 5.42. The van der Waals surface area contributed by atoms with Crippen LogP contribution in [0.25, 0.3) is 0 Å². The number of rotatable bonds is 2. The topological polar surface area (TPSA) is 35.5 Å². The fourth-order valence-corrected chi connectivity index (χ4v) is 2.53. The van der Waals surface area contributed by atoms with Gasteiger partial charge in [-0.2, -0.15) is 0 Å². The van der Waals surface area contributed by atoms with E-state index in [9.17, 15) is 4.57 Å². The highest BCUT2D eigenvalue weighted by atomic mass is 31.2. The Balaban J connectivity index is 2.83. The smallest absolute Gasteiger partial charge is 0.309 e. The van der Waals surface area contributed by atoms with Crippen LogP contribution in [0.2, 0.25) is 0 Å². The summed E-state index contributed by atoms with van der Waals surface area (Å²) >= 11 is 0. The van der Waals surface area contributed by atoms with E-state index in [2.05, 4.69) is 0 Å². The van der Waals surface area contributed by atoms with Crippen molar-refractivity contribution in [3.8, 4) is 0 Å². The lowest BCUT2D eigenvalue weighted by molar-refractivity contribution is 0.0831. The van der Waals surface area contributed by atoms with Gasteiger partial charge in [0, 0.05) is 12.9 Å². The van der Waals surface area contributed by atoms with Crippen molar-refractivity contribution in [3.05, 3.63) is 11.9 Å². The van der Waals surface area contributed by atoms with Gasteiger partial charge in [0.25, 0.3) is 0 Å². The Morgan fingerprint density at radius 2 is 2.17 bits per heavy atom. The molecule has 0 saturated heterocycles. The third kappa shape index (κ3) is 1.63. The molecular weight excluding hydrogens is 175 g/mol. The fourth-order valence-electron chi connectivity index (χ4n) is 0.970. The molecule has 2 unspecified atom stereocenters. The van der Waals surface area contributed by atoms with Gasteiger partial charge in [-0.15, -0.1) is 0 Å². The molecule has 0 aliphatic carbocycles. The Morgan fingerprint density at radius 3 is 2.42 bits per heavy atom. The molecule has 0 fully saturated rings. The minimum absolute atomic E-state index is 0.291. The average molecular weight is 190 g/mol. The van der Waals surface area contributed by atoms with Crippen molar-refractivity contribution in [1.82, 2.24) is 0 Å². The zero-order chi connectivity index (χ0) is 9.41. The Labute approximate surface area is 73.3 Å². The molecule has 0 bridgehead atoms. The van der Waals surface area contributed by atoms with Crippen LogP contribution in [0.4, 0.5) is 0 Å². The third-order valence-corrected chi connectivity index (χ3v) is 3.98. The van der Waals surface area contributed by atoms with Gasteiger partial charge in [0.05, 0.1) is 5.60 Å². The van der Waals surface area contributed by atoms with Crippen LogP contribution in [-0.2, 0) is 13.6 Å². The predicted molar refractivity (Wildman–Crippen MR) is 48.1 cm³/mol. The number of hydrogen-bond donors (Lipinski definition) is 0. The van der Waals surface area contributed by atoms with Crippen molar-refractivity contribution in [3.63, 3.8) is 0 Å². The minimum atomic E-state index is -2.91. The molecule has 2 atom stereocenters. The van der Waals surface area contributed by atoms with Crippen molar-refractivity contribution < 1.29 is 13.6 Å². The maximum Gasteiger partial charge on any atom is 0.354 e. The first kappa shape index (κ1) is 9.97. The largest absolute Gasteiger partial charge is 0.354 e. The van der Waals surface area contributed by atoms with Crippen molar-refractivity contribution in [1.29, 1.82) is 0 Å². The van der Waals surface area contributed by atoms with E-state index in [1.54, 1.807) is 0 Å². The van der Waals surface area contributed by atoms with Gasteiger partial charge in [-0.1, -0.05) is 13.8 Å². The molecule has 0 aromatic heterocycles. The summed E-state index contributed by atoms with van der Waals surface area (Å²) in [5.74, 6) is 1.83. The highest BCUT2D eigenvalue weighted by molar-refractivity contribution is 7.57. The molecule has 3 nitrogen and oxygen atoms in total. The molecule has 12 heavy (non-hydrogen) atoms. The summed E-state index contributed by atoms with van der Waals surface area (Å²) < 4.78 is 21.7. The van der Waals surface area contributed by atoms with Gasteiger partial charge in [-0.05, 0) is 18.9 Å². The predicted octanol–water partition coefficient (Wildman–Crippen LogP) is 2.78. The fraction of sp³-hybridized carbons (Fsp3) is 0.750. The minimum Gasteiger partial charge on any atom is -0.309 e. The summed E-state index contributed by atoms with van der Waals surface area (Å²) in [6.07, 6.45) is 1.82. The molecule has 1 rings (SSSR count). The second-order valence-electron chi connectivity index (χ2n) is 3.47. The lowest BCUT2D eigenvalue weighted by Gasteiger charge is -2.27. The molecule has 1 aliphatic rings. The van der Waals surface area contributed by atoms with Crippen LogP contribution in [0.5, 0.6) is 0 Å². The van der Waals surface area contributed by atoms with E-state index in [-0.39, 0.29) is 0 Å². The van der Waals surface area contributed by atoms with Crippen LogP contribution in [-0.4, -0.2) is 12.7 Å². The van der Waals surface area contributed by atoms with E-state index < -0.39 is 13.2 Å². The summed E-state index contributed by atoms with van der Waals surface area (Å²) in [4.78, 5) is 0. The van der Waals surface area contributed by atoms with E-state index >= 15 is 0 Å². The van der Waals surface area contributed by atoms with Crippen molar-refractivity contribution in [2.45, 2.75) is 26.4 Å². The van der Waals surface area contributed by atoms with Crippen LogP contribution in [0.15, 0.2) is 11.9 Å². The lowest BCUT2D eigenvalue weighted by atomic mass is 9.93. The number of hydrogen-bond acceptors (Lipinski definition) is 3. The summed E-state index contributed by atoms with van der Waals surface area (Å²) in [5, 5.41) is 0. The lowest BCUT2D eigenvalue weighted by Crippen LogP contribution is -2.28. The quantitative estimate of drug-likeness (QED) is 0.628. The van der Waals surface area contributed by atoms with Gasteiger partial charge >= 0.3 is 7.60 Å². The van der Waals surface area contributed by atoms with Crippen LogP contribution >= 0.6 is 7.60 Å². The van der Waals surface area contributed by atoms with Gasteiger partial charge in [-0.25, -0.2) is 0 Å². The zero-order valence-corrected chi connectivity index (χ0v) is 8.80. The van der Waals surface area contributed by atoms with Crippen LogP contribution in [0.3, 0.4) is 0 Å². The Hall–Kier alpha value is -0.110. The van der Waals surface area contributed by atoms with E-state index in [1.165, 1.54) is 12.9 Å². The van der Waals surface area contributed by atoms with Gasteiger partial charge < -0.3 is 4.52 Å². The molecule has 4 heteroatoms. The van der Waals surface area contributed by atoms with Crippen LogP contribution < -0.4 is 0 Å². The zero-order valence-electron chi connectivity index (χ0n) is 7.90. The normalized spacial score (nSPS) is 41.1. The van der Waals surface area contributed by atoms with Crippen LogP contribution in [0.1, 0.15) is 20.8 Å². The SMILES string of the molecule is COP1(=O)C=CC(C)(C(C)C)O1. The highest BCUT2D eigenvalue weighted by Gasteiger charge is 2.40. The monoisotopic (exact) mass is 190 g/mol. The summed E-state index contributed by atoms with van der Waals surface area (Å²) in [5.41, 5.74) is -0.439. The van der Waals surface area contributed by atoms with Crippen molar-refractivity contribution >= 4 is 7.60 Å². The van der Waals surface area contributed by atoms with Crippen molar-refractivity contribution in [2.24, 2.45) is 5.92 Å². The average Bonchev–Trinajstić information content (AvgIpc) is 2.30. The highest BCUT2D eigenvalue weighted by Crippen LogP contribution is 2.58. The molecule has 0 amide bonds. The molecule has 0 N–H and O–H groups in total. The molecule has 1 aliphatic heterocycles. The summed E-state index contributed by atoms with van der Waals surface area (Å²) in [7, 11) is -1.51. The van der Waals surface area contributed by atoms with E-state index in [0.717, 1.165) is 0 Å². The Morgan fingerprint density at radius 1 is 1.58 bits per heavy atom. The first-order valence-corrected chi connectivity index (χ1v) is 5.60. The van der Waals surface area contributed by atoms with E-state index in [4.69, 9.17) is 9.05 Å². The Kier molecular flexibility index (Phi) is 2.48.